The minimum absolute atomic E-state index is 0.132. The molecule has 1 fully saturated rings. The zero-order valence-electron chi connectivity index (χ0n) is 12.9. The van der Waals surface area contributed by atoms with E-state index in [2.05, 4.69) is 4.72 Å². The van der Waals surface area contributed by atoms with Gasteiger partial charge >= 0.3 is 0 Å². The van der Waals surface area contributed by atoms with Crippen LogP contribution in [0.5, 0.6) is 0 Å². The van der Waals surface area contributed by atoms with E-state index in [0.29, 0.717) is 13.1 Å². The van der Waals surface area contributed by atoms with Gasteiger partial charge in [0.25, 0.3) is 10.2 Å². The Morgan fingerprint density at radius 1 is 1.35 bits per heavy atom. The molecule has 0 aromatic carbocycles. The summed E-state index contributed by atoms with van der Waals surface area (Å²) in [6.07, 6.45) is 3.11. The monoisotopic (exact) mass is 305 g/mol. The molecular weight excluding hydrogens is 278 g/mol. The number of carbonyl (C=O) groups is 1. The van der Waals surface area contributed by atoms with Gasteiger partial charge in [0.05, 0.1) is 6.04 Å². The summed E-state index contributed by atoms with van der Waals surface area (Å²) in [4.78, 5) is 14.2. The first-order valence-electron chi connectivity index (χ1n) is 7.41. The standard InChI is InChI=1S/C13H27N3O3S/c1-5-15(6-2)20(18,19)14-12(4)13(17)16-10-8-7-9-11(16)3/h11-12,14H,5-10H2,1-4H3/t11-,12-/m1/s1. The van der Waals surface area contributed by atoms with Crippen LogP contribution in [0, 0.1) is 0 Å². The maximum atomic E-state index is 12.4. The van der Waals surface area contributed by atoms with Crippen LogP contribution in [-0.4, -0.2) is 55.2 Å². The van der Waals surface area contributed by atoms with Crippen molar-refractivity contribution in [2.75, 3.05) is 19.6 Å². The molecule has 0 saturated carbocycles. The normalized spacial score (nSPS) is 22.1. The summed E-state index contributed by atoms with van der Waals surface area (Å²) < 4.78 is 28.0. The van der Waals surface area contributed by atoms with E-state index in [9.17, 15) is 13.2 Å². The number of rotatable bonds is 6. The molecule has 1 aliphatic heterocycles. The highest BCUT2D eigenvalue weighted by molar-refractivity contribution is 7.87. The van der Waals surface area contributed by atoms with Crippen molar-refractivity contribution in [1.29, 1.82) is 0 Å². The molecule has 1 saturated heterocycles. The SMILES string of the molecule is CCN(CC)S(=O)(=O)N[C@H](C)C(=O)N1CCCC[C@H]1C. The summed E-state index contributed by atoms with van der Waals surface area (Å²) in [5, 5.41) is 0. The Hall–Kier alpha value is -0.660. The Labute approximate surface area is 122 Å². The minimum Gasteiger partial charge on any atom is -0.339 e. The summed E-state index contributed by atoms with van der Waals surface area (Å²) in [7, 11) is -3.59. The Morgan fingerprint density at radius 2 is 1.95 bits per heavy atom. The number of hydrogen-bond acceptors (Lipinski definition) is 3. The fourth-order valence-electron chi connectivity index (χ4n) is 2.59. The third-order valence-corrected chi connectivity index (χ3v) is 5.68. The number of amides is 1. The van der Waals surface area contributed by atoms with Crippen LogP contribution in [0.3, 0.4) is 0 Å². The van der Waals surface area contributed by atoms with Crippen molar-refractivity contribution in [3.63, 3.8) is 0 Å². The number of hydrogen-bond donors (Lipinski definition) is 1. The lowest BCUT2D eigenvalue weighted by molar-refractivity contribution is -0.135. The second kappa shape index (κ2) is 7.38. The molecule has 1 aliphatic rings. The van der Waals surface area contributed by atoms with Gasteiger partial charge in [-0.05, 0) is 33.1 Å². The van der Waals surface area contributed by atoms with Gasteiger partial charge in [0.1, 0.15) is 0 Å². The predicted molar refractivity (Wildman–Crippen MR) is 79.5 cm³/mol. The van der Waals surface area contributed by atoms with Gasteiger partial charge in [-0.15, -0.1) is 0 Å². The van der Waals surface area contributed by atoms with Crippen molar-refractivity contribution in [3.05, 3.63) is 0 Å². The molecule has 2 atom stereocenters. The van der Waals surface area contributed by atoms with Crippen LogP contribution in [0.1, 0.15) is 47.0 Å². The van der Waals surface area contributed by atoms with Crippen LogP contribution in [0.15, 0.2) is 0 Å². The molecule has 0 aromatic heterocycles. The van der Waals surface area contributed by atoms with Crippen LogP contribution in [0.4, 0.5) is 0 Å². The topological polar surface area (TPSA) is 69.7 Å². The van der Waals surface area contributed by atoms with Crippen LogP contribution in [0.25, 0.3) is 0 Å². The molecule has 0 unspecified atom stereocenters. The molecular formula is C13H27N3O3S. The van der Waals surface area contributed by atoms with Crippen molar-refractivity contribution in [3.8, 4) is 0 Å². The fourth-order valence-corrected chi connectivity index (χ4v) is 3.96. The van der Waals surface area contributed by atoms with Crippen LogP contribution in [-0.2, 0) is 15.0 Å². The minimum atomic E-state index is -3.59. The molecule has 0 aromatic rings. The van der Waals surface area contributed by atoms with Crippen molar-refractivity contribution in [2.45, 2.75) is 59.0 Å². The van der Waals surface area contributed by atoms with E-state index in [4.69, 9.17) is 0 Å². The number of nitrogens with one attached hydrogen (secondary N) is 1. The molecule has 7 heteroatoms. The van der Waals surface area contributed by atoms with E-state index >= 15 is 0 Å². The summed E-state index contributed by atoms with van der Waals surface area (Å²) in [6, 6.07) is -0.530. The Kier molecular flexibility index (Phi) is 6.42. The number of carbonyl (C=O) groups excluding carboxylic acids is 1. The lowest BCUT2D eigenvalue weighted by atomic mass is 10.0. The van der Waals surface area contributed by atoms with Crippen molar-refractivity contribution in [1.82, 2.24) is 13.9 Å². The Bertz CT molecular complexity index is 421. The van der Waals surface area contributed by atoms with E-state index < -0.39 is 16.3 Å². The molecule has 118 valence electrons. The van der Waals surface area contributed by atoms with E-state index in [-0.39, 0.29) is 11.9 Å². The highest BCUT2D eigenvalue weighted by Gasteiger charge is 2.30. The lowest BCUT2D eigenvalue weighted by Gasteiger charge is -2.35. The van der Waals surface area contributed by atoms with Crippen LogP contribution in [0.2, 0.25) is 0 Å². The van der Waals surface area contributed by atoms with Gasteiger partial charge in [0, 0.05) is 25.7 Å². The van der Waals surface area contributed by atoms with Gasteiger partial charge in [-0.3, -0.25) is 4.79 Å². The summed E-state index contributed by atoms with van der Waals surface area (Å²) >= 11 is 0. The molecule has 0 bridgehead atoms. The van der Waals surface area contributed by atoms with Gasteiger partial charge < -0.3 is 4.90 Å². The van der Waals surface area contributed by atoms with Crippen molar-refractivity contribution in [2.24, 2.45) is 0 Å². The first-order chi connectivity index (χ1) is 9.33. The maximum absolute atomic E-state index is 12.4. The summed E-state index contributed by atoms with van der Waals surface area (Å²) in [5.74, 6) is -0.132. The van der Waals surface area contributed by atoms with E-state index in [1.54, 1.807) is 25.7 Å². The average Bonchev–Trinajstić information content (AvgIpc) is 2.39. The molecule has 0 aliphatic carbocycles. The molecule has 1 heterocycles. The summed E-state index contributed by atoms with van der Waals surface area (Å²) in [5.41, 5.74) is 0. The predicted octanol–water partition coefficient (Wildman–Crippen LogP) is 0.952. The van der Waals surface area contributed by atoms with E-state index in [0.717, 1.165) is 25.8 Å². The van der Waals surface area contributed by atoms with Crippen molar-refractivity contribution < 1.29 is 13.2 Å². The van der Waals surface area contributed by atoms with Gasteiger partial charge in [-0.25, -0.2) is 0 Å². The first kappa shape index (κ1) is 17.4. The number of likely N-dealkylation sites (tertiary alicyclic amines) is 1. The van der Waals surface area contributed by atoms with E-state index in [1.807, 2.05) is 6.92 Å². The summed E-state index contributed by atoms with van der Waals surface area (Å²) in [6.45, 7) is 8.70. The molecule has 1 N–H and O–H groups in total. The van der Waals surface area contributed by atoms with Gasteiger partial charge in [0.2, 0.25) is 5.91 Å². The third kappa shape index (κ3) is 4.17. The van der Waals surface area contributed by atoms with E-state index in [1.165, 1.54) is 4.31 Å². The molecule has 1 rings (SSSR count). The highest BCUT2D eigenvalue weighted by atomic mass is 32.2. The Morgan fingerprint density at radius 3 is 2.45 bits per heavy atom. The average molecular weight is 305 g/mol. The molecule has 6 nitrogen and oxygen atoms in total. The smallest absolute Gasteiger partial charge is 0.280 e. The second-order valence-electron chi connectivity index (χ2n) is 5.31. The van der Waals surface area contributed by atoms with Crippen molar-refractivity contribution >= 4 is 16.1 Å². The zero-order chi connectivity index (χ0) is 15.3. The quantitative estimate of drug-likeness (QED) is 0.794. The van der Waals surface area contributed by atoms with Crippen LogP contribution >= 0.6 is 0 Å². The first-order valence-corrected chi connectivity index (χ1v) is 8.85. The van der Waals surface area contributed by atoms with Crippen LogP contribution < -0.4 is 4.72 Å². The maximum Gasteiger partial charge on any atom is 0.280 e. The Balaban J connectivity index is 2.70. The third-order valence-electron chi connectivity index (χ3n) is 3.83. The van der Waals surface area contributed by atoms with Gasteiger partial charge in [-0.2, -0.15) is 17.4 Å². The largest absolute Gasteiger partial charge is 0.339 e. The lowest BCUT2D eigenvalue weighted by Crippen LogP contribution is -2.53. The molecule has 0 spiro atoms. The number of piperidine rings is 1. The van der Waals surface area contributed by atoms with Gasteiger partial charge in [0.15, 0.2) is 0 Å². The zero-order valence-corrected chi connectivity index (χ0v) is 13.7. The van der Waals surface area contributed by atoms with Gasteiger partial charge in [-0.1, -0.05) is 13.8 Å². The molecule has 20 heavy (non-hydrogen) atoms. The fraction of sp³-hybridized carbons (Fsp3) is 0.923. The second-order valence-corrected chi connectivity index (χ2v) is 7.01. The highest BCUT2D eigenvalue weighted by Crippen LogP contribution is 2.17. The molecule has 1 amide bonds. The number of nitrogens with zero attached hydrogens (tertiary/aromatic N) is 2. The molecule has 0 radical (unpaired) electrons.